The molecule has 2 aromatic carbocycles. The standard InChI is InChI=1S/C32H40O2/c1-6-28-24-31(32-20-16-27(14-10-22-34-5)23-29(32)7-2)19-18-30(28)17-15-26(13-9-21-33)12-8-11-25(3)4/h8-9,11-13,16,18-21,23-24H,3,6-7,10,14-15,17,22H2,1-2,4-5H3/b11-8+,13-9-,26-12+. The van der Waals surface area contributed by atoms with Crippen LogP contribution in [0.3, 0.4) is 0 Å². The SMILES string of the molecule is C=C(C)/C=C/C=C(\C=C/C=O)CCc1ccc(-c2ccc(CCCOC)cc2CC)cc1CC. The number of hydrogen-bond acceptors (Lipinski definition) is 2. The van der Waals surface area contributed by atoms with Crippen LogP contribution in [0.1, 0.15) is 55.9 Å². The highest BCUT2D eigenvalue weighted by Crippen LogP contribution is 2.29. The molecule has 2 rings (SSSR count). The molecule has 0 radical (unpaired) electrons. The van der Waals surface area contributed by atoms with Crippen molar-refractivity contribution in [3.8, 4) is 11.1 Å². The fourth-order valence-electron chi connectivity index (χ4n) is 4.16. The van der Waals surface area contributed by atoms with Crippen molar-refractivity contribution >= 4 is 6.29 Å². The zero-order valence-corrected chi connectivity index (χ0v) is 21.4. The summed E-state index contributed by atoms with van der Waals surface area (Å²) in [6.45, 7) is 11.1. The summed E-state index contributed by atoms with van der Waals surface area (Å²) in [6, 6.07) is 13.8. The number of allylic oxidation sites excluding steroid dienone is 7. The van der Waals surface area contributed by atoms with Gasteiger partial charge in [-0.2, -0.15) is 0 Å². The summed E-state index contributed by atoms with van der Waals surface area (Å²) < 4.78 is 5.20. The minimum atomic E-state index is 0.802. The molecule has 34 heavy (non-hydrogen) atoms. The Morgan fingerprint density at radius 2 is 1.74 bits per heavy atom. The molecule has 0 aliphatic rings. The van der Waals surface area contributed by atoms with Gasteiger partial charge >= 0.3 is 0 Å². The van der Waals surface area contributed by atoms with E-state index in [-0.39, 0.29) is 0 Å². The maximum atomic E-state index is 10.8. The van der Waals surface area contributed by atoms with E-state index in [0.29, 0.717) is 0 Å². The summed E-state index contributed by atoms with van der Waals surface area (Å²) in [7, 11) is 1.76. The maximum absolute atomic E-state index is 10.8. The Labute approximate surface area is 206 Å². The highest BCUT2D eigenvalue weighted by molar-refractivity contribution is 5.69. The first-order chi connectivity index (χ1) is 16.5. The molecular weight excluding hydrogens is 416 g/mol. The van der Waals surface area contributed by atoms with Gasteiger partial charge in [0.2, 0.25) is 0 Å². The summed E-state index contributed by atoms with van der Waals surface area (Å²) in [5.74, 6) is 0. The van der Waals surface area contributed by atoms with Crippen molar-refractivity contribution in [1.82, 2.24) is 0 Å². The van der Waals surface area contributed by atoms with Gasteiger partial charge in [-0.05, 0) is 90.5 Å². The Bertz CT molecular complexity index is 1040. The fourth-order valence-corrected chi connectivity index (χ4v) is 4.16. The molecule has 0 amide bonds. The first-order valence-electron chi connectivity index (χ1n) is 12.4. The van der Waals surface area contributed by atoms with E-state index in [1.807, 2.05) is 25.2 Å². The molecule has 0 aliphatic heterocycles. The second-order valence-electron chi connectivity index (χ2n) is 8.72. The van der Waals surface area contributed by atoms with Crippen LogP contribution in [0, 0.1) is 0 Å². The van der Waals surface area contributed by atoms with Crippen molar-refractivity contribution in [3.63, 3.8) is 0 Å². The summed E-state index contributed by atoms with van der Waals surface area (Å²) in [4.78, 5) is 10.8. The first-order valence-corrected chi connectivity index (χ1v) is 12.4. The highest BCUT2D eigenvalue weighted by Gasteiger charge is 2.09. The van der Waals surface area contributed by atoms with Gasteiger partial charge in [0.1, 0.15) is 6.29 Å². The largest absolute Gasteiger partial charge is 0.385 e. The van der Waals surface area contributed by atoms with Gasteiger partial charge in [0.25, 0.3) is 0 Å². The molecule has 0 unspecified atom stereocenters. The molecule has 0 heterocycles. The van der Waals surface area contributed by atoms with Crippen molar-refractivity contribution in [2.24, 2.45) is 0 Å². The van der Waals surface area contributed by atoms with Gasteiger partial charge in [0.05, 0.1) is 0 Å². The van der Waals surface area contributed by atoms with E-state index in [0.717, 1.165) is 62.6 Å². The summed E-state index contributed by atoms with van der Waals surface area (Å²) in [5, 5.41) is 0. The van der Waals surface area contributed by atoms with E-state index in [9.17, 15) is 4.79 Å². The van der Waals surface area contributed by atoms with Crippen LogP contribution in [0.15, 0.2) is 84.5 Å². The number of benzene rings is 2. The lowest BCUT2D eigenvalue weighted by molar-refractivity contribution is -0.104. The molecular formula is C32H40O2. The normalized spacial score (nSPS) is 12.1. The van der Waals surface area contributed by atoms with Gasteiger partial charge in [0, 0.05) is 13.7 Å². The second-order valence-corrected chi connectivity index (χ2v) is 8.72. The van der Waals surface area contributed by atoms with Crippen molar-refractivity contribution < 1.29 is 9.53 Å². The van der Waals surface area contributed by atoms with E-state index in [1.165, 1.54) is 33.4 Å². The first kappa shape index (κ1) is 27.3. The number of rotatable bonds is 14. The average molecular weight is 457 g/mol. The molecule has 0 bridgehead atoms. The number of aryl methyl sites for hydroxylation is 4. The molecule has 0 aliphatic carbocycles. The zero-order chi connectivity index (χ0) is 24.8. The predicted octanol–water partition coefficient (Wildman–Crippen LogP) is 7.80. The average Bonchev–Trinajstić information content (AvgIpc) is 2.85. The topological polar surface area (TPSA) is 26.3 Å². The molecule has 0 N–H and O–H groups in total. The van der Waals surface area contributed by atoms with Crippen LogP contribution in [0.5, 0.6) is 0 Å². The summed E-state index contributed by atoms with van der Waals surface area (Å²) >= 11 is 0. The lowest BCUT2D eigenvalue weighted by Gasteiger charge is -2.15. The highest BCUT2D eigenvalue weighted by atomic mass is 16.5. The van der Waals surface area contributed by atoms with E-state index in [2.05, 4.69) is 62.9 Å². The third kappa shape index (κ3) is 8.76. The molecule has 180 valence electrons. The summed E-state index contributed by atoms with van der Waals surface area (Å²) in [6.07, 6.45) is 16.3. The van der Waals surface area contributed by atoms with E-state index in [4.69, 9.17) is 4.74 Å². The minimum Gasteiger partial charge on any atom is -0.385 e. The van der Waals surface area contributed by atoms with Gasteiger partial charge in [-0.15, -0.1) is 0 Å². The Morgan fingerprint density at radius 1 is 0.941 bits per heavy atom. The van der Waals surface area contributed by atoms with E-state index in [1.54, 1.807) is 13.2 Å². The number of carbonyl (C=O) groups excluding carboxylic acids is 1. The van der Waals surface area contributed by atoms with Crippen LogP contribution >= 0.6 is 0 Å². The zero-order valence-electron chi connectivity index (χ0n) is 21.4. The Morgan fingerprint density at radius 3 is 2.41 bits per heavy atom. The molecule has 0 spiro atoms. The number of carbonyl (C=O) groups is 1. The van der Waals surface area contributed by atoms with E-state index >= 15 is 0 Å². The monoisotopic (exact) mass is 456 g/mol. The van der Waals surface area contributed by atoms with Crippen molar-refractivity contribution in [2.45, 2.75) is 59.3 Å². The second kappa shape index (κ2) is 15.0. The molecule has 2 aromatic rings. The third-order valence-electron chi connectivity index (χ3n) is 6.03. The number of ether oxygens (including phenoxy) is 1. The van der Waals surface area contributed by atoms with Gasteiger partial charge in [-0.25, -0.2) is 0 Å². The van der Waals surface area contributed by atoms with Gasteiger partial charge in [-0.1, -0.05) is 86.7 Å². The number of methoxy groups -OCH3 is 1. The lowest BCUT2D eigenvalue weighted by atomic mass is 9.90. The molecule has 0 saturated heterocycles. The number of aldehydes is 1. The van der Waals surface area contributed by atoms with Gasteiger partial charge in [-0.3, -0.25) is 4.79 Å². The molecule has 0 fully saturated rings. The van der Waals surface area contributed by atoms with Gasteiger partial charge in [0.15, 0.2) is 0 Å². The van der Waals surface area contributed by atoms with Crippen molar-refractivity contribution in [3.05, 3.63) is 107 Å². The van der Waals surface area contributed by atoms with Crippen molar-refractivity contribution in [2.75, 3.05) is 13.7 Å². The molecule has 0 aromatic heterocycles. The lowest BCUT2D eigenvalue weighted by Crippen LogP contribution is -1.98. The Kier molecular flexibility index (Phi) is 12.1. The van der Waals surface area contributed by atoms with E-state index < -0.39 is 0 Å². The molecule has 2 nitrogen and oxygen atoms in total. The van der Waals surface area contributed by atoms with Crippen LogP contribution in [-0.4, -0.2) is 20.0 Å². The molecule has 0 saturated carbocycles. The fraction of sp³-hybridized carbons (Fsp3) is 0.344. The quantitative estimate of drug-likeness (QED) is 0.125. The predicted molar refractivity (Wildman–Crippen MR) is 146 cm³/mol. The van der Waals surface area contributed by atoms with Crippen LogP contribution in [-0.2, 0) is 35.2 Å². The van der Waals surface area contributed by atoms with Crippen LogP contribution < -0.4 is 0 Å². The van der Waals surface area contributed by atoms with Crippen LogP contribution in [0.25, 0.3) is 11.1 Å². The molecule has 2 heteroatoms. The minimum absolute atomic E-state index is 0.802. The Hall–Kier alpha value is -2.97. The van der Waals surface area contributed by atoms with Crippen molar-refractivity contribution in [1.29, 1.82) is 0 Å². The Balaban J connectivity index is 2.24. The maximum Gasteiger partial charge on any atom is 0.142 e. The smallest absolute Gasteiger partial charge is 0.142 e. The molecule has 0 atom stereocenters. The van der Waals surface area contributed by atoms with Crippen LogP contribution in [0.4, 0.5) is 0 Å². The summed E-state index contributed by atoms with van der Waals surface area (Å²) in [5.41, 5.74) is 10.3. The van der Waals surface area contributed by atoms with Gasteiger partial charge < -0.3 is 4.74 Å². The third-order valence-corrected chi connectivity index (χ3v) is 6.03. The number of hydrogen-bond donors (Lipinski definition) is 0. The van der Waals surface area contributed by atoms with Crippen LogP contribution in [0.2, 0.25) is 0 Å².